The average Bonchev–Trinajstić information content (AvgIpc) is 2.96. The summed E-state index contributed by atoms with van der Waals surface area (Å²) in [6.07, 6.45) is 3.11. The van der Waals surface area contributed by atoms with Crippen molar-refractivity contribution in [3.63, 3.8) is 0 Å². The Kier molecular flexibility index (Phi) is 3.79. The molecule has 122 valence electrons. The minimum Gasteiger partial charge on any atom is -0.338 e. The summed E-state index contributed by atoms with van der Waals surface area (Å²) in [7, 11) is 0. The third kappa shape index (κ3) is 3.18. The van der Waals surface area contributed by atoms with Crippen LogP contribution in [0.5, 0.6) is 0 Å². The summed E-state index contributed by atoms with van der Waals surface area (Å²) >= 11 is 0. The van der Waals surface area contributed by atoms with Gasteiger partial charge < -0.3 is 4.90 Å². The molecule has 0 saturated carbocycles. The van der Waals surface area contributed by atoms with Gasteiger partial charge >= 0.3 is 0 Å². The zero-order chi connectivity index (χ0) is 16.6. The molecular weight excluding hydrogens is 294 g/mol. The Morgan fingerprint density at radius 1 is 1.35 bits per heavy atom. The first kappa shape index (κ1) is 15.5. The van der Waals surface area contributed by atoms with E-state index in [0.717, 1.165) is 5.69 Å². The van der Waals surface area contributed by atoms with E-state index < -0.39 is 0 Å². The van der Waals surface area contributed by atoms with Crippen LogP contribution in [0.15, 0.2) is 29.3 Å². The Bertz CT molecular complexity index is 752. The SMILES string of the molecule is CC(C)(C)c1ccc(=O)n(CC2CN(C(=O)c3cn[nH]c3)C2)n1. The van der Waals surface area contributed by atoms with Crippen molar-refractivity contribution in [2.45, 2.75) is 32.7 Å². The van der Waals surface area contributed by atoms with E-state index in [1.807, 2.05) is 0 Å². The van der Waals surface area contributed by atoms with E-state index in [4.69, 9.17) is 0 Å². The highest BCUT2D eigenvalue weighted by Crippen LogP contribution is 2.21. The molecule has 1 N–H and O–H groups in total. The van der Waals surface area contributed by atoms with Gasteiger partial charge in [0.2, 0.25) is 0 Å². The number of carbonyl (C=O) groups is 1. The second kappa shape index (κ2) is 5.64. The zero-order valence-electron chi connectivity index (χ0n) is 13.6. The minimum absolute atomic E-state index is 0.0289. The molecule has 3 heterocycles. The van der Waals surface area contributed by atoms with Crippen LogP contribution in [-0.4, -0.2) is 43.9 Å². The van der Waals surface area contributed by atoms with Crippen LogP contribution < -0.4 is 5.56 Å². The number of nitrogens with one attached hydrogen (secondary N) is 1. The first-order valence-electron chi connectivity index (χ1n) is 7.71. The Balaban J connectivity index is 1.64. The monoisotopic (exact) mass is 315 g/mol. The molecule has 1 fully saturated rings. The molecule has 0 unspecified atom stereocenters. The largest absolute Gasteiger partial charge is 0.338 e. The van der Waals surface area contributed by atoms with Gasteiger partial charge in [-0.2, -0.15) is 10.2 Å². The zero-order valence-corrected chi connectivity index (χ0v) is 13.6. The van der Waals surface area contributed by atoms with Gasteiger partial charge in [-0.05, 0) is 6.07 Å². The fraction of sp³-hybridized carbons (Fsp3) is 0.500. The molecule has 0 bridgehead atoms. The molecule has 1 aliphatic heterocycles. The second-order valence-corrected chi connectivity index (χ2v) is 7.05. The number of hydrogen-bond donors (Lipinski definition) is 1. The molecule has 0 atom stereocenters. The maximum atomic E-state index is 12.1. The lowest BCUT2D eigenvalue weighted by molar-refractivity contribution is 0.0458. The highest BCUT2D eigenvalue weighted by atomic mass is 16.2. The summed E-state index contributed by atoms with van der Waals surface area (Å²) < 4.78 is 1.52. The number of nitrogens with zero attached hydrogens (tertiary/aromatic N) is 4. The lowest BCUT2D eigenvalue weighted by atomic mass is 9.92. The number of aromatic nitrogens is 4. The molecule has 1 amide bonds. The number of carbonyl (C=O) groups excluding carboxylic acids is 1. The van der Waals surface area contributed by atoms with Crippen molar-refractivity contribution in [1.29, 1.82) is 0 Å². The Hall–Kier alpha value is -2.44. The summed E-state index contributed by atoms with van der Waals surface area (Å²) in [5, 5.41) is 10.9. The molecule has 0 aliphatic carbocycles. The lowest BCUT2D eigenvalue weighted by Gasteiger charge is -2.39. The molecule has 23 heavy (non-hydrogen) atoms. The van der Waals surface area contributed by atoms with E-state index in [0.29, 0.717) is 25.2 Å². The van der Waals surface area contributed by atoms with Crippen LogP contribution in [0.2, 0.25) is 0 Å². The first-order valence-corrected chi connectivity index (χ1v) is 7.71. The highest BCUT2D eigenvalue weighted by molar-refractivity contribution is 5.94. The molecule has 7 heteroatoms. The number of likely N-dealkylation sites (tertiary alicyclic amines) is 1. The van der Waals surface area contributed by atoms with Crippen LogP contribution in [0, 0.1) is 5.92 Å². The molecule has 2 aromatic rings. The number of rotatable bonds is 3. The predicted molar refractivity (Wildman–Crippen MR) is 85.2 cm³/mol. The van der Waals surface area contributed by atoms with Crippen LogP contribution in [0.25, 0.3) is 0 Å². The molecule has 1 aliphatic rings. The van der Waals surface area contributed by atoms with E-state index in [2.05, 4.69) is 36.1 Å². The van der Waals surface area contributed by atoms with Crippen molar-refractivity contribution < 1.29 is 4.79 Å². The minimum atomic E-state index is -0.0994. The molecule has 7 nitrogen and oxygen atoms in total. The number of hydrogen-bond acceptors (Lipinski definition) is 4. The highest BCUT2D eigenvalue weighted by Gasteiger charge is 2.32. The van der Waals surface area contributed by atoms with E-state index in [1.165, 1.54) is 10.9 Å². The van der Waals surface area contributed by atoms with Crippen molar-refractivity contribution in [3.05, 3.63) is 46.1 Å². The van der Waals surface area contributed by atoms with E-state index in [9.17, 15) is 9.59 Å². The normalized spacial score (nSPS) is 15.5. The predicted octanol–water partition coefficient (Wildman–Crippen LogP) is 1.04. The molecule has 1 saturated heterocycles. The molecule has 2 aromatic heterocycles. The fourth-order valence-electron chi connectivity index (χ4n) is 2.63. The quantitative estimate of drug-likeness (QED) is 0.917. The number of aromatic amines is 1. The summed E-state index contributed by atoms with van der Waals surface area (Å²) in [6.45, 7) is 8.02. The summed E-state index contributed by atoms with van der Waals surface area (Å²) in [5.41, 5.74) is 1.26. The van der Waals surface area contributed by atoms with Crippen molar-refractivity contribution in [3.8, 4) is 0 Å². The van der Waals surface area contributed by atoms with Gasteiger partial charge in [-0.15, -0.1) is 0 Å². The van der Waals surface area contributed by atoms with Gasteiger partial charge in [0.1, 0.15) is 0 Å². The molecule has 3 rings (SSSR count). The Morgan fingerprint density at radius 3 is 2.70 bits per heavy atom. The summed E-state index contributed by atoms with van der Waals surface area (Å²) in [4.78, 5) is 25.9. The standard InChI is InChI=1S/C16H21N5O2/c1-16(2,3)13-4-5-14(22)21(19-13)10-11-8-20(9-11)15(23)12-6-17-18-7-12/h4-7,11H,8-10H2,1-3H3,(H,17,18). The first-order chi connectivity index (χ1) is 10.8. The van der Waals surface area contributed by atoms with Gasteiger partial charge in [0.05, 0.1) is 24.0 Å². The van der Waals surface area contributed by atoms with Gasteiger partial charge in [-0.3, -0.25) is 14.7 Å². The maximum absolute atomic E-state index is 12.1. The fourth-order valence-corrected chi connectivity index (χ4v) is 2.63. The van der Waals surface area contributed by atoms with Crippen LogP contribution in [0.3, 0.4) is 0 Å². The van der Waals surface area contributed by atoms with Crippen molar-refractivity contribution >= 4 is 5.91 Å². The van der Waals surface area contributed by atoms with Crippen LogP contribution >= 0.6 is 0 Å². The maximum Gasteiger partial charge on any atom is 0.266 e. The van der Waals surface area contributed by atoms with E-state index in [-0.39, 0.29) is 22.8 Å². The molecule has 0 radical (unpaired) electrons. The van der Waals surface area contributed by atoms with Crippen molar-refractivity contribution in [2.24, 2.45) is 5.92 Å². The Labute approximate surface area is 134 Å². The third-order valence-corrected chi connectivity index (χ3v) is 4.06. The van der Waals surface area contributed by atoms with Gasteiger partial charge in [-0.1, -0.05) is 20.8 Å². The average molecular weight is 315 g/mol. The van der Waals surface area contributed by atoms with Crippen LogP contribution in [0.1, 0.15) is 36.8 Å². The lowest BCUT2D eigenvalue weighted by Crippen LogP contribution is -2.52. The van der Waals surface area contributed by atoms with Gasteiger partial charge in [0, 0.05) is 36.7 Å². The van der Waals surface area contributed by atoms with Gasteiger partial charge in [-0.25, -0.2) is 4.68 Å². The summed E-state index contributed by atoms with van der Waals surface area (Å²) in [5.74, 6) is 0.227. The topological polar surface area (TPSA) is 83.9 Å². The smallest absolute Gasteiger partial charge is 0.266 e. The molecule has 0 spiro atoms. The Morgan fingerprint density at radius 2 is 2.09 bits per heavy atom. The molecule has 0 aromatic carbocycles. The van der Waals surface area contributed by atoms with E-state index >= 15 is 0 Å². The number of amides is 1. The van der Waals surface area contributed by atoms with Crippen molar-refractivity contribution in [1.82, 2.24) is 24.9 Å². The van der Waals surface area contributed by atoms with E-state index in [1.54, 1.807) is 23.2 Å². The van der Waals surface area contributed by atoms with Gasteiger partial charge in [0.25, 0.3) is 11.5 Å². The van der Waals surface area contributed by atoms with Crippen molar-refractivity contribution in [2.75, 3.05) is 13.1 Å². The van der Waals surface area contributed by atoms with Crippen LogP contribution in [-0.2, 0) is 12.0 Å². The van der Waals surface area contributed by atoms with Gasteiger partial charge in [0.15, 0.2) is 0 Å². The van der Waals surface area contributed by atoms with Crippen LogP contribution in [0.4, 0.5) is 0 Å². The molecular formula is C16H21N5O2. The third-order valence-electron chi connectivity index (χ3n) is 4.06. The number of H-pyrrole nitrogens is 1. The summed E-state index contributed by atoms with van der Waals surface area (Å²) in [6, 6.07) is 3.36. The second-order valence-electron chi connectivity index (χ2n) is 7.05.